The molecule has 1 aromatic heterocycles. The summed E-state index contributed by atoms with van der Waals surface area (Å²) in [5, 5.41) is 14.3. The van der Waals surface area contributed by atoms with E-state index in [9.17, 15) is 9.90 Å². The van der Waals surface area contributed by atoms with Crippen LogP contribution in [0.25, 0.3) is 0 Å². The van der Waals surface area contributed by atoms with E-state index < -0.39 is 6.10 Å². The number of pyridine rings is 1. The fourth-order valence-electron chi connectivity index (χ4n) is 4.41. The number of aromatic nitrogens is 1. The topological polar surface area (TPSA) is 65.5 Å². The first kappa shape index (κ1) is 22.2. The van der Waals surface area contributed by atoms with Gasteiger partial charge in [-0.1, -0.05) is 48.5 Å². The van der Waals surface area contributed by atoms with E-state index in [-0.39, 0.29) is 11.9 Å². The third kappa shape index (κ3) is 5.23. The van der Waals surface area contributed by atoms with Gasteiger partial charge >= 0.3 is 0 Å². The molecule has 4 rings (SSSR count). The Hall–Kier alpha value is -3.02. The van der Waals surface area contributed by atoms with Gasteiger partial charge in [-0.3, -0.25) is 9.78 Å². The van der Waals surface area contributed by atoms with Gasteiger partial charge in [0.05, 0.1) is 18.3 Å². The quantitative estimate of drug-likeness (QED) is 0.595. The van der Waals surface area contributed by atoms with E-state index in [1.807, 2.05) is 80.7 Å². The largest absolute Gasteiger partial charge is 0.387 e. The standard InChI is InChI=1S/C27H31N3O2/c1-19-7-6-16-28-25(19)18-30(2)27(32)22-12-10-20(11-13-22)17-23-14-15-24(29-23)26(31)21-8-4-3-5-9-21/h3-13,16,23-24,26,29,31H,14-15,17-18H2,1-2H3/t23-,24+,26+/m0/s1. The van der Waals surface area contributed by atoms with Gasteiger partial charge in [0.1, 0.15) is 0 Å². The molecule has 32 heavy (non-hydrogen) atoms. The van der Waals surface area contributed by atoms with E-state index in [4.69, 9.17) is 0 Å². The van der Waals surface area contributed by atoms with Gasteiger partial charge in [-0.15, -0.1) is 0 Å². The number of aliphatic hydroxyl groups excluding tert-OH is 1. The summed E-state index contributed by atoms with van der Waals surface area (Å²) >= 11 is 0. The predicted molar refractivity (Wildman–Crippen MR) is 126 cm³/mol. The minimum Gasteiger partial charge on any atom is -0.387 e. The van der Waals surface area contributed by atoms with Crippen LogP contribution >= 0.6 is 0 Å². The molecule has 3 aromatic rings. The van der Waals surface area contributed by atoms with E-state index in [1.165, 1.54) is 5.56 Å². The Morgan fingerprint density at radius 2 is 1.84 bits per heavy atom. The molecule has 5 nitrogen and oxygen atoms in total. The van der Waals surface area contributed by atoms with Crippen molar-refractivity contribution >= 4 is 5.91 Å². The molecule has 1 aliphatic heterocycles. The smallest absolute Gasteiger partial charge is 0.253 e. The molecule has 5 heteroatoms. The lowest BCUT2D eigenvalue weighted by molar-refractivity contribution is 0.0783. The van der Waals surface area contributed by atoms with Gasteiger partial charge in [-0.2, -0.15) is 0 Å². The van der Waals surface area contributed by atoms with Crippen LogP contribution in [0.5, 0.6) is 0 Å². The molecule has 1 amide bonds. The molecule has 2 N–H and O–H groups in total. The number of aryl methyl sites for hydroxylation is 1. The van der Waals surface area contributed by atoms with Crippen molar-refractivity contribution in [1.82, 2.24) is 15.2 Å². The second-order valence-electron chi connectivity index (χ2n) is 8.73. The maximum absolute atomic E-state index is 12.8. The summed E-state index contributed by atoms with van der Waals surface area (Å²) in [7, 11) is 1.81. The minimum atomic E-state index is -0.487. The first-order chi connectivity index (χ1) is 15.5. The monoisotopic (exact) mass is 429 g/mol. The maximum atomic E-state index is 12.8. The summed E-state index contributed by atoms with van der Waals surface area (Å²) in [4.78, 5) is 18.9. The summed E-state index contributed by atoms with van der Waals surface area (Å²) in [5.74, 6) is -0.00774. The zero-order chi connectivity index (χ0) is 22.5. The van der Waals surface area contributed by atoms with Crippen molar-refractivity contribution < 1.29 is 9.90 Å². The number of carbonyl (C=O) groups is 1. The molecule has 1 fully saturated rings. The highest BCUT2D eigenvalue weighted by Gasteiger charge is 2.29. The Kier molecular flexibility index (Phi) is 6.98. The van der Waals surface area contributed by atoms with E-state index in [0.29, 0.717) is 18.2 Å². The summed E-state index contributed by atoms with van der Waals surface area (Å²) < 4.78 is 0. The van der Waals surface area contributed by atoms with Crippen molar-refractivity contribution in [3.63, 3.8) is 0 Å². The second-order valence-corrected chi connectivity index (χ2v) is 8.73. The van der Waals surface area contributed by atoms with Crippen LogP contribution < -0.4 is 5.32 Å². The summed E-state index contributed by atoms with van der Waals surface area (Å²) in [6.45, 7) is 2.50. The molecule has 0 aliphatic carbocycles. The summed E-state index contributed by atoms with van der Waals surface area (Å²) in [6.07, 6.45) is 4.14. The lowest BCUT2D eigenvalue weighted by Gasteiger charge is -2.21. The molecule has 0 radical (unpaired) electrons. The van der Waals surface area contributed by atoms with Gasteiger partial charge in [0.2, 0.25) is 0 Å². The van der Waals surface area contributed by atoms with Gasteiger partial charge in [0.15, 0.2) is 0 Å². The van der Waals surface area contributed by atoms with Crippen molar-refractivity contribution in [3.8, 4) is 0 Å². The molecule has 2 heterocycles. The van der Waals surface area contributed by atoms with E-state index >= 15 is 0 Å². The molecule has 0 bridgehead atoms. The highest BCUT2D eigenvalue weighted by molar-refractivity contribution is 5.94. The second kappa shape index (κ2) is 10.1. The zero-order valence-electron chi connectivity index (χ0n) is 18.7. The highest BCUT2D eigenvalue weighted by Crippen LogP contribution is 2.26. The van der Waals surface area contributed by atoms with Crippen LogP contribution in [-0.4, -0.2) is 40.0 Å². The third-order valence-electron chi connectivity index (χ3n) is 6.33. The number of nitrogens with one attached hydrogen (secondary N) is 1. The molecular weight excluding hydrogens is 398 g/mol. The van der Waals surface area contributed by atoms with Crippen LogP contribution in [0, 0.1) is 6.92 Å². The Labute approximate surface area is 190 Å². The van der Waals surface area contributed by atoms with Crippen molar-refractivity contribution in [2.45, 2.75) is 50.9 Å². The van der Waals surface area contributed by atoms with Crippen molar-refractivity contribution in [2.75, 3.05) is 7.05 Å². The molecule has 0 unspecified atom stereocenters. The molecule has 1 aliphatic rings. The lowest BCUT2D eigenvalue weighted by Crippen LogP contribution is -2.35. The molecule has 3 atom stereocenters. The Morgan fingerprint density at radius 3 is 2.56 bits per heavy atom. The third-order valence-corrected chi connectivity index (χ3v) is 6.33. The Balaban J connectivity index is 1.32. The number of benzene rings is 2. The van der Waals surface area contributed by atoms with Gasteiger partial charge in [-0.25, -0.2) is 0 Å². The van der Waals surface area contributed by atoms with Crippen molar-refractivity contribution in [1.29, 1.82) is 0 Å². The number of amides is 1. The number of hydrogen-bond donors (Lipinski definition) is 2. The van der Waals surface area contributed by atoms with Crippen LogP contribution in [0.15, 0.2) is 72.9 Å². The van der Waals surface area contributed by atoms with Crippen LogP contribution in [0.3, 0.4) is 0 Å². The number of aliphatic hydroxyl groups is 1. The summed E-state index contributed by atoms with van der Waals surface area (Å²) in [5.41, 5.74) is 4.83. The van der Waals surface area contributed by atoms with E-state index in [1.54, 1.807) is 11.1 Å². The van der Waals surface area contributed by atoms with Crippen LogP contribution in [-0.2, 0) is 13.0 Å². The van der Waals surface area contributed by atoms with Crippen molar-refractivity contribution in [3.05, 3.63) is 101 Å². The molecular formula is C27H31N3O2. The van der Waals surface area contributed by atoms with Crippen LogP contribution in [0.4, 0.5) is 0 Å². The molecule has 166 valence electrons. The Morgan fingerprint density at radius 1 is 1.09 bits per heavy atom. The average Bonchev–Trinajstić information content (AvgIpc) is 3.29. The molecule has 0 spiro atoms. The zero-order valence-corrected chi connectivity index (χ0v) is 18.7. The minimum absolute atomic E-state index is 0.00774. The normalized spacial score (nSPS) is 19.0. The van der Waals surface area contributed by atoms with Gasteiger partial charge in [-0.05, 0) is 61.1 Å². The molecule has 1 saturated heterocycles. The fourth-order valence-corrected chi connectivity index (χ4v) is 4.41. The molecule has 2 aromatic carbocycles. The van der Waals surface area contributed by atoms with Crippen LogP contribution in [0.1, 0.15) is 51.7 Å². The lowest BCUT2D eigenvalue weighted by atomic mass is 10.0. The number of rotatable bonds is 7. The fraction of sp³-hybridized carbons (Fsp3) is 0.333. The Bertz CT molecular complexity index is 1040. The number of nitrogens with zero attached hydrogens (tertiary/aromatic N) is 2. The van der Waals surface area contributed by atoms with Crippen LogP contribution in [0.2, 0.25) is 0 Å². The SMILES string of the molecule is Cc1cccnc1CN(C)C(=O)c1ccc(C[C@@H]2CC[C@H]([C@H](O)c3ccccc3)N2)cc1. The number of hydrogen-bond acceptors (Lipinski definition) is 4. The van der Waals surface area contributed by atoms with Gasteiger partial charge in [0, 0.05) is 30.9 Å². The maximum Gasteiger partial charge on any atom is 0.253 e. The highest BCUT2D eigenvalue weighted by atomic mass is 16.3. The summed E-state index contributed by atoms with van der Waals surface area (Å²) in [6, 6.07) is 22.0. The van der Waals surface area contributed by atoms with Crippen molar-refractivity contribution in [2.24, 2.45) is 0 Å². The first-order valence-electron chi connectivity index (χ1n) is 11.2. The molecule has 0 saturated carbocycles. The average molecular weight is 430 g/mol. The predicted octanol–water partition coefficient (Wildman–Crippen LogP) is 4.06. The van der Waals surface area contributed by atoms with E-state index in [0.717, 1.165) is 36.1 Å². The van der Waals surface area contributed by atoms with Gasteiger partial charge in [0.25, 0.3) is 5.91 Å². The first-order valence-corrected chi connectivity index (χ1v) is 11.2. The number of carbonyl (C=O) groups excluding carboxylic acids is 1. The van der Waals surface area contributed by atoms with Gasteiger partial charge < -0.3 is 15.3 Å². The van der Waals surface area contributed by atoms with E-state index in [2.05, 4.69) is 10.3 Å².